The Morgan fingerprint density at radius 3 is 2.37 bits per heavy atom. The number of nitrogens with two attached hydrogens (primary N) is 1. The van der Waals surface area contributed by atoms with E-state index in [1.54, 1.807) is 38.6 Å². The van der Waals surface area contributed by atoms with Gasteiger partial charge in [0.2, 0.25) is 5.91 Å². The minimum Gasteiger partial charge on any atom is -0.366 e. The first kappa shape index (κ1) is 26.9. The van der Waals surface area contributed by atoms with Gasteiger partial charge in [0.1, 0.15) is 0 Å². The van der Waals surface area contributed by atoms with Crippen molar-refractivity contribution in [3.05, 3.63) is 64.2 Å². The number of nitrogens with one attached hydrogen (secondary N) is 1. The average molecular weight is 511 g/mol. The van der Waals surface area contributed by atoms with Crippen molar-refractivity contribution in [2.75, 3.05) is 20.6 Å². The summed E-state index contributed by atoms with van der Waals surface area (Å²) in [5.41, 5.74) is 4.74. The first-order valence-electron chi connectivity index (χ1n) is 11.3. The van der Waals surface area contributed by atoms with E-state index >= 15 is 0 Å². The normalized spacial score (nSPS) is 16.6. The number of pyridine rings is 1. The van der Waals surface area contributed by atoms with E-state index < -0.39 is 29.0 Å². The maximum Gasteiger partial charge on any atom is 0.251 e. The van der Waals surface area contributed by atoms with Crippen LogP contribution in [0.4, 0.5) is 13.2 Å². The van der Waals surface area contributed by atoms with Crippen LogP contribution < -0.4 is 11.1 Å². The third-order valence-electron chi connectivity index (χ3n) is 6.98. The quantitative estimate of drug-likeness (QED) is 0.475. The van der Waals surface area contributed by atoms with E-state index in [4.69, 9.17) is 17.3 Å². The number of amides is 2. The first-order valence-corrected chi connectivity index (χ1v) is 11.7. The van der Waals surface area contributed by atoms with E-state index in [-0.39, 0.29) is 41.9 Å². The summed E-state index contributed by atoms with van der Waals surface area (Å²) in [6, 6.07) is 5.90. The van der Waals surface area contributed by atoms with Crippen molar-refractivity contribution >= 4 is 23.4 Å². The third-order valence-corrected chi connectivity index (χ3v) is 7.39. The predicted octanol–water partition coefficient (Wildman–Crippen LogP) is 4.17. The Kier molecular flexibility index (Phi) is 8.11. The van der Waals surface area contributed by atoms with Gasteiger partial charge in [0.25, 0.3) is 11.8 Å². The van der Waals surface area contributed by atoms with E-state index in [1.165, 1.54) is 12.1 Å². The van der Waals surface area contributed by atoms with E-state index in [1.807, 2.05) is 4.90 Å². The van der Waals surface area contributed by atoms with E-state index in [9.17, 15) is 22.8 Å². The van der Waals surface area contributed by atoms with Crippen LogP contribution in [0, 0.1) is 11.2 Å². The topological polar surface area (TPSA) is 88.3 Å². The molecule has 6 nitrogen and oxygen atoms in total. The molecular weight excluding hydrogens is 481 g/mol. The second kappa shape index (κ2) is 10.5. The van der Waals surface area contributed by atoms with Crippen molar-refractivity contribution in [3.63, 3.8) is 0 Å². The van der Waals surface area contributed by atoms with Crippen LogP contribution in [0.15, 0.2) is 36.7 Å². The lowest BCUT2D eigenvalue weighted by Gasteiger charge is -2.32. The average Bonchev–Trinajstić information content (AvgIpc) is 3.60. The van der Waals surface area contributed by atoms with Crippen molar-refractivity contribution in [2.24, 2.45) is 11.1 Å². The fraction of sp³-hybridized carbons (Fsp3) is 0.480. The number of likely N-dealkylation sites (N-methyl/N-ethyl adjacent to an activating group) is 1. The minimum absolute atomic E-state index is 0.0870. The van der Waals surface area contributed by atoms with Gasteiger partial charge in [0.05, 0.1) is 10.6 Å². The molecular formula is C25H30ClF3N4O2. The maximum atomic E-state index is 14.5. The molecule has 0 radical (unpaired) electrons. The van der Waals surface area contributed by atoms with Crippen LogP contribution >= 0.6 is 11.6 Å². The molecule has 1 aromatic carbocycles. The predicted molar refractivity (Wildman–Crippen MR) is 128 cm³/mol. The third kappa shape index (κ3) is 5.95. The lowest BCUT2D eigenvalue weighted by atomic mass is 9.77. The van der Waals surface area contributed by atoms with Crippen LogP contribution in [-0.4, -0.2) is 54.3 Å². The van der Waals surface area contributed by atoms with Gasteiger partial charge < -0.3 is 16.0 Å². The van der Waals surface area contributed by atoms with E-state index in [0.29, 0.717) is 24.0 Å². The number of hydrogen-bond acceptors (Lipinski definition) is 4. The summed E-state index contributed by atoms with van der Waals surface area (Å²) in [4.78, 5) is 30.1. The Hall–Kier alpha value is -2.65. The summed E-state index contributed by atoms with van der Waals surface area (Å²) < 4.78 is 43.5. The number of hydrogen-bond donors (Lipinski definition) is 2. The zero-order valence-electron chi connectivity index (χ0n) is 20.0. The summed E-state index contributed by atoms with van der Waals surface area (Å²) in [6.07, 6.45) is 3.98. The lowest BCUT2D eigenvalue weighted by molar-refractivity contribution is -0.123. The van der Waals surface area contributed by atoms with Gasteiger partial charge in [-0.3, -0.25) is 14.6 Å². The molecule has 0 bridgehead atoms. The molecule has 1 saturated carbocycles. The Morgan fingerprint density at radius 1 is 1.23 bits per heavy atom. The standard InChI is InChI=1S/C25H30ClF3N4O2/c1-24(28,29)25(8-9-25)19(15-6-10-31-11-7-15)13-20(34)32-14-17(33(2)3)12-16-4-5-18(23(30)35)22(27)21(16)26/h4-7,10-11,17,19H,8-9,12-14H2,1-3H3,(H2,30,35)(H,32,34)/t17-,19?/m0/s1. The molecule has 1 unspecified atom stereocenters. The second-order valence-electron chi connectivity index (χ2n) is 9.47. The van der Waals surface area contributed by atoms with Crippen LogP contribution in [0.3, 0.4) is 0 Å². The molecule has 3 N–H and O–H groups in total. The molecule has 0 spiro atoms. The van der Waals surface area contributed by atoms with E-state index in [0.717, 1.165) is 6.92 Å². The fourth-order valence-electron chi connectivity index (χ4n) is 4.57. The Morgan fingerprint density at radius 2 is 1.86 bits per heavy atom. The van der Waals surface area contributed by atoms with Crippen LogP contribution in [0.1, 0.15) is 53.6 Å². The SMILES string of the molecule is CN(C)[C@H](CNC(=O)CC(c1ccncc1)C1(C(C)(F)F)CC1)Cc1ccc(C(N)=O)c(F)c1Cl. The molecule has 2 amide bonds. The monoisotopic (exact) mass is 510 g/mol. The molecule has 1 aliphatic rings. The van der Waals surface area contributed by atoms with Gasteiger partial charge >= 0.3 is 0 Å². The van der Waals surface area contributed by atoms with Crippen molar-refractivity contribution in [2.45, 2.75) is 50.5 Å². The molecule has 1 aromatic heterocycles. The summed E-state index contributed by atoms with van der Waals surface area (Å²) in [6.45, 7) is 1.11. The lowest BCUT2D eigenvalue weighted by Crippen LogP contribution is -2.43. The highest BCUT2D eigenvalue weighted by atomic mass is 35.5. The number of primary amides is 1. The number of alkyl halides is 2. The number of nitrogens with zero attached hydrogens (tertiary/aromatic N) is 2. The molecule has 2 atom stereocenters. The van der Waals surface area contributed by atoms with Gasteiger partial charge in [-0.1, -0.05) is 17.7 Å². The van der Waals surface area contributed by atoms with Gasteiger partial charge in [0, 0.05) is 42.7 Å². The van der Waals surface area contributed by atoms with Crippen molar-refractivity contribution < 1.29 is 22.8 Å². The highest BCUT2D eigenvalue weighted by Crippen LogP contribution is 2.65. The van der Waals surface area contributed by atoms with Crippen LogP contribution in [0.25, 0.3) is 0 Å². The smallest absolute Gasteiger partial charge is 0.251 e. The van der Waals surface area contributed by atoms with Gasteiger partial charge in [-0.25, -0.2) is 13.2 Å². The molecule has 0 aliphatic heterocycles. The first-order chi connectivity index (χ1) is 16.4. The highest BCUT2D eigenvalue weighted by molar-refractivity contribution is 6.32. The summed E-state index contributed by atoms with van der Waals surface area (Å²) in [5.74, 6) is -5.72. The summed E-state index contributed by atoms with van der Waals surface area (Å²) in [7, 11) is 3.60. The fourth-order valence-corrected chi connectivity index (χ4v) is 4.82. The molecule has 2 aromatic rings. The number of halogens is 4. The number of aromatic nitrogens is 1. The zero-order valence-corrected chi connectivity index (χ0v) is 20.7. The van der Waals surface area contributed by atoms with Crippen LogP contribution in [0.5, 0.6) is 0 Å². The molecule has 0 saturated heterocycles. The molecule has 190 valence electrons. The Balaban J connectivity index is 1.71. The maximum absolute atomic E-state index is 14.5. The molecule has 1 heterocycles. The molecule has 10 heteroatoms. The van der Waals surface area contributed by atoms with Crippen molar-refractivity contribution in [3.8, 4) is 0 Å². The van der Waals surface area contributed by atoms with Gasteiger partial charge in [-0.15, -0.1) is 0 Å². The van der Waals surface area contributed by atoms with Gasteiger partial charge in [-0.05, 0) is 69.6 Å². The van der Waals surface area contributed by atoms with E-state index in [2.05, 4.69) is 10.3 Å². The number of benzene rings is 1. The van der Waals surface area contributed by atoms with Crippen molar-refractivity contribution in [1.29, 1.82) is 0 Å². The minimum atomic E-state index is -2.93. The van der Waals surface area contributed by atoms with Crippen LogP contribution in [0.2, 0.25) is 5.02 Å². The van der Waals surface area contributed by atoms with Crippen LogP contribution in [-0.2, 0) is 11.2 Å². The summed E-state index contributed by atoms with van der Waals surface area (Å²) in [5, 5.41) is 2.65. The molecule has 35 heavy (non-hydrogen) atoms. The molecule has 1 aliphatic carbocycles. The molecule has 1 fully saturated rings. The van der Waals surface area contributed by atoms with Gasteiger partial charge in [-0.2, -0.15) is 0 Å². The Labute approximate surface area is 208 Å². The molecule has 3 rings (SSSR count). The highest BCUT2D eigenvalue weighted by Gasteiger charge is 2.63. The van der Waals surface area contributed by atoms with Gasteiger partial charge in [0.15, 0.2) is 5.82 Å². The van der Waals surface area contributed by atoms with Crippen molar-refractivity contribution in [1.82, 2.24) is 15.2 Å². The number of carbonyl (C=O) groups excluding carboxylic acids is 2. The number of rotatable bonds is 11. The second-order valence-corrected chi connectivity index (χ2v) is 9.85. The Bertz CT molecular complexity index is 1070. The number of carbonyl (C=O) groups is 2. The largest absolute Gasteiger partial charge is 0.366 e. The zero-order chi connectivity index (χ0) is 26.0. The summed E-state index contributed by atoms with van der Waals surface area (Å²) >= 11 is 6.13.